The van der Waals surface area contributed by atoms with Crippen LogP contribution in [0.1, 0.15) is 18.7 Å². The molecular formula is C16H21N3OS. The Bertz CT molecular complexity index is 599. The van der Waals surface area contributed by atoms with Crippen molar-refractivity contribution in [2.24, 2.45) is 5.73 Å². The maximum atomic E-state index is 5.92. The van der Waals surface area contributed by atoms with Crippen molar-refractivity contribution in [3.8, 4) is 11.3 Å². The highest BCUT2D eigenvalue weighted by Crippen LogP contribution is 2.34. The summed E-state index contributed by atoms with van der Waals surface area (Å²) in [6, 6.07) is 10.6. The van der Waals surface area contributed by atoms with E-state index in [-0.39, 0.29) is 6.10 Å². The lowest BCUT2D eigenvalue weighted by atomic mass is 10.1. The molecule has 3 rings (SSSR count). The van der Waals surface area contributed by atoms with Crippen LogP contribution in [-0.4, -0.2) is 30.3 Å². The minimum atomic E-state index is 0.242. The van der Waals surface area contributed by atoms with Crippen LogP contribution in [0.2, 0.25) is 0 Å². The van der Waals surface area contributed by atoms with Crippen molar-refractivity contribution in [1.29, 1.82) is 0 Å². The molecule has 0 radical (unpaired) electrons. The Kier molecular flexibility index (Phi) is 4.24. The molecule has 112 valence electrons. The summed E-state index contributed by atoms with van der Waals surface area (Å²) < 4.78 is 5.70. The molecule has 1 aromatic carbocycles. The summed E-state index contributed by atoms with van der Waals surface area (Å²) in [5.41, 5.74) is 8.07. The fraction of sp³-hybridized carbons (Fsp3) is 0.438. The van der Waals surface area contributed by atoms with Gasteiger partial charge in [-0.05, 0) is 13.8 Å². The first-order valence-electron chi connectivity index (χ1n) is 7.32. The zero-order chi connectivity index (χ0) is 14.8. The average Bonchev–Trinajstić information content (AvgIpc) is 2.94. The summed E-state index contributed by atoms with van der Waals surface area (Å²) >= 11 is 1.70. The monoisotopic (exact) mass is 303 g/mol. The number of rotatable bonds is 3. The van der Waals surface area contributed by atoms with Gasteiger partial charge in [0, 0.05) is 23.5 Å². The van der Waals surface area contributed by atoms with Crippen molar-refractivity contribution in [2.45, 2.75) is 32.5 Å². The summed E-state index contributed by atoms with van der Waals surface area (Å²) in [4.78, 5) is 8.35. The van der Waals surface area contributed by atoms with Crippen molar-refractivity contribution in [3.63, 3.8) is 0 Å². The summed E-state index contributed by atoms with van der Waals surface area (Å²) in [6.07, 6.45) is 0.242. The number of ether oxygens (including phenoxy) is 1. The summed E-state index contributed by atoms with van der Waals surface area (Å²) in [5.74, 6) is 0. The number of aromatic nitrogens is 1. The standard InChI is InChI=1S/C16H21N3OS/c1-11-10-20-12(2)9-19(11)16-18-15(14(8-17)21-16)13-6-4-3-5-7-13/h3-7,11-12H,8-10,17H2,1-2H3. The molecule has 0 spiro atoms. The van der Waals surface area contributed by atoms with Gasteiger partial charge in [0.15, 0.2) is 5.13 Å². The van der Waals surface area contributed by atoms with E-state index in [2.05, 4.69) is 30.9 Å². The van der Waals surface area contributed by atoms with Gasteiger partial charge >= 0.3 is 0 Å². The summed E-state index contributed by atoms with van der Waals surface area (Å²) in [6.45, 7) is 6.44. The number of nitrogens with two attached hydrogens (primary N) is 1. The van der Waals surface area contributed by atoms with Crippen molar-refractivity contribution < 1.29 is 4.74 Å². The van der Waals surface area contributed by atoms with Crippen LogP contribution in [0.25, 0.3) is 11.3 Å². The van der Waals surface area contributed by atoms with E-state index >= 15 is 0 Å². The van der Waals surface area contributed by atoms with Crippen molar-refractivity contribution in [1.82, 2.24) is 4.98 Å². The average molecular weight is 303 g/mol. The van der Waals surface area contributed by atoms with Crippen LogP contribution < -0.4 is 10.6 Å². The SMILES string of the molecule is CC1CN(c2nc(-c3ccccc3)c(CN)s2)C(C)CO1. The van der Waals surface area contributed by atoms with E-state index in [9.17, 15) is 0 Å². The maximum absolute atomic E-state index is 5.92. The normalized spacial score (nSPS) is 22.5. The molecule has 21 heavy (non-hydrogen) atoms. The number of morpholine rings is 1. The molecule has 2 N–H and O–H groups in total. The Morgan fingerprint density at radius 3 is 2.81 bits per heavy atom. The van der Waals surface area contributed by atoms with Crippen molar-refractivity contribution >= 4 is 16.5 Å². The van der Waals surface area contributed by atoms with Crippen molar-refractivity contribution in [3.05, 3.63) is 35.2 Å². The lowest BCUT2D eigenvalue weighted by Crippen LogP contribution is -2.47. The van der Waals surface area contributed by atoms with Gasteiger partial charge in [-0.3, -0.25) is 0 Å². The molecule has 5 heteroatoms. The van der Waals surface area contributed by atoms with Crippen LogP contribution in [0, 0.1) is 0 Å². The van der Waals surface area contributed by atoms with Crippen LogP contribution in [0.15, 0.2) is 30.3 Å². The lowest BCUT2D eigenvalue weighted by molar-refractivity contribution is 0.0343. The van der Waals surface area contributed by atoms with Gasteiger partial charge in [0.2, 0.25) is 0 Å². The van der Waals surface area contributed by atoms with E-state index in [4.69, 9.17) is 15.5 Å². The quantitative estimate of drug-likeness (QED) is 0.947. The first kappa shape index (κ1) is 14.5. The van der Waals surface area contributed by atoms with E-state index in [1.807, 2.05) is 18.2 Å². The highest BCUT2D eigenvalue weighted by Gasteiger charge is 2.27. The van der Waals surface area contributed by atoms with Crippen LogP contribution >= 0.6 is 11.3 Å². The molecule has 0 aliphatic carbocycles. The molecular weight excluding hydrogens is 282 g/mol. The number of anilines is 1. The Morgan fingerprint density at radius 1 is 1.33 bits per heavy atom. The molecule has 0 saturated carbocycles. The summed E-state index contributed by atoms with van der Waals surface area (Å²) in [7, 11) is 0. The first-order valence-corrected chi connectivity index (χ1v) is 8.14. The predicted octanol–water partition coefficient (Wildman–Crippen LogP) is 2.88. The molecule has 1 aliphatic rings. The Hall–Kier alpha value is -1.43. The van der Waals surface area contributed by atoms with E-state index in [0.717, 1.165) is 34.4 Å². The highest BCUT2D eigenvalue weighted by atomic mass is 32.1. The fourth-order valence-electron chi connectivity index (χ4n) is 2.59. The molecule has 1 aliphatic heterocycles. The van der Waals surface area contributed by atoms with Gasteiger partial charge in [-0.25, -0.2) is 4.98 Å². The Labute approximate surface area is 129 Å². The maximum Gasteiger partial charge on any atom is 0.186 e. The molecule has 1 saturated heterocycles. The topological polar surface area (TPSA) is 51.4 Å². The molecule has 2 heterocycles. The first-order chi connectivity index (χ1) is 10.2. The Balaban J connectivity index is 1.96. The molecule has 0 amide bonds. The van der Waals surface area contributed by atoms with Crippen LogP contribution in [0.5, 0.6) is 0 Å². The van der Waals surface area contributed by atoms with Gasteiger partial charge in [-0.1, -0.05) is 41.7 Å². The molecule has 1 aromatic heterocycles. The second kappa shape index (κ2) is 6.13. The lowest BCUT2D eigenvalue weighted by Gasteiger charge is -2.36. The third-order valence-electron chi connectivity index (χ3n) is 3.77. The third kappa shape index (κ3) is 2.95. The highest BCUT2D eigenvalue weighted by molar-refractivity contribution is 7.16. The number of thiazole rings is 1. The van der Waals surface area contributed by atoms with Crippen LogP contribution in [0.3, 0.4) is 0 Å². The van der Waals surface area contributed by atoms with E-state index < -0.39 is 0 Å². The zero-order valence-corrected chi connectivity index (χ0v) is 13.3. The predicted molar refractivity (Wildman–Crippen MR) is 87.7 cm³/mol. The molecule has 4 nitrogen and oxygen atoms in total. The summed E-state index contributed by atoms with van der Waals surface area (Å²) in [5, 5.41) is 1.05. The van der Waals surface area contributed by atoms with Gasteiger partial charge in [0.05, 0.1) is 24.4 Å². The van der Waals surface area contributed by atoms with Gasteiger partial charge in [-0.2, -0.15) is 0 Å². The molecule has 2 atom stereocenters. The second-order valence-corrected chi connectivity index (χ2v) is 6.55. The number of nitrogens with zero attached hydrogens (tertiary/aromatic N) is 2. The molecule has 0 bridgehead atoms. The number of benzene rings is 1. The fourth-order valence-corrected chi connectivity index (χ4v) is 3.66. The smallest absolute Gasteiger partial charge is 0.186 e. The minimum absolute atomic E-state index is 0.242. The zero-order valence-electron chi connectivity index (χ0n) is 12.5. The largest absolute Gasteiger partial charge is 0.375 e. The number of hydrogen-bond acceptors (Lipinski definition) is 5. The number of hydrogen-bond donors (Lipinski definition) is 1. The molecule has 2 unspecified atom stereocenters. The van der Waals surface area contributed by atoms with Gasteiger partial charge < -0.3 is 15.4 Å². The van der Waals surface area contributed by atoms with Gasteiger partial charge in [0.1, 0.15) is 0 Å². The van der Waals surface area contributed by atoms with E-state index in [1.165, 1.54) is 0 Å². The van der Waals surface area contributed by atoms with Crippen molar-refractivity contribution in [2.75, 3.05) is 18.1 Å². The van der Waals surface area contributed by atoms with Crippen LogP contribution in [-0.2, 0) is 11.3 Å². The van der Waals surface area contributed by atoms with Crippen LogP contribution in [0.4, 0.5) is 5.13 Å². The molecule has 2 aromatic rings. The van der Waals surface area contributed by atoms with Gasteiger partial charge in [0.25, 0.3) is 0 Å². The third-order valence-corrected chi connectivity index (χ3v) is 4.89. The minimum Gasteiger partial charge on any atom is -0.375 e. The second-order valence-electron chi connectivity index (χ2n) is 5.48. The Morgan fingerprint density at radius 2 is 2.10 bits per heavy atom. The van der Waals surface area contributed by atoms with E-state index in [0.29, 0.717) is 12.6 Å². The van der Waals surface area contributed by atoms with Gasteiger partial charge in [-0.15, -0.1) is 0 Å². The molecule has 1 fully saturated rings. The van der Waals surface area contributed by atoms with E-state index in [1.54, 1.807) is 11.3 Å².